The first-order valence-corrected chi connectivity index (χ1v) is 8.97. The molecule has 2 aliphatic rings. The first-order chi connectivity index (χ1) is 12.2. The molecule has 3 rings (SSSR count). The summed E-state index contributed by atoms with van der Waals surface area (Å²) in [5.74, 6) is 0. The van der Waals surface area contributed by atoms with Crippen molar-refractivity contribution in [2.45, 2.75) is 45.5 Å². The van der Waals surface area contributed by atoms with Gasteiger partial charge in [-0.05, 0) is 37.7 Å². The number of carbonyl (C=O) groups excluding carboxylic acids is 1. The predicted molar refractivity (Wildman–Crippen MR) is 91.7 cm³/mol. The van der Waals surface area contributed by atoms with Crippen molar-refractivity contribution in [1.82, 2.24) is 9.80 Å². The van der Waals surface area contributed by atoms with Crippen LogP contribution in [0.1, 0.15) is 30.9 Å². The minimum Gasteiger partial charge on any atom is -0.437 e. The van der Waals surface area contributed by atoms with Gasteiger partial charge in [0.05, 0.1) is 0 Å². The maximum atomic E-state index is 12.5. The van der Waals surface area contributed by atoms with Crippen LogP contribution in [-0.2, 0) is 11.3 Å². The van der Waals surface area contributed by atoms with E-state index in [9.17, 15) is 18.0 Å². The molecule has 2 fully saturated rings. The zero-order valence-electron chi connectivity index (χ0n) is 15.2. The number of likely N-dealkylation sites (tertiary alicyclic amines) is 2. The summed E-state index contributed by atoms with van der Waals surface area (Å²) >= 11 is 0. The van der Waals surface area contributed by atoms with Crippen LogP contribution in [0.4, 0.5) is 18.0 Å². The Balaban J connectivity index is 1.43. The molecule has 1 aromatic rings. The molecular formula is C19H25F3N2O2. The Morgan fingerprint density at radius 1 is 1.19 bits per heavy atom. The van der Waals surface area contributed by atoms with Crippen molar-refractivity contribution in [3.05, 3.63) is 35.4 Å². The molecule has 2 aliphatic heterocycles. The van der Waals surface area contributed by atoms with Crippen molar-refractivity contribution in [2.24, 2.45) is 5.41 Å². The van der Waals surface area contributed by atoms with Gasteiger partial charge in [-0.25, -0.2) is 4.79 Å². The topological polar surface area (TPSA) is 32.8 Å². The molecule has 144 valence electrons. The van der Waals surface area contributed by atoms with Crippen LogP contribution in [-0.4, -0.2) is 54.4 Å². The van der Waals surface area contributed by atoms with Gasteiger partial charge in [0.15, 0.2) is 6.10 Å². The highest BCUT2D eigenvalue weighted by Gasteiger charge is 2.46. The Morgan fingerprint density at radius 2 is 1.77 bits per heavy atom. The van der Waals surface area contributed by atoms with E-state index in [1.165, 1.54) is 16.0 Å². The number of rotatable bonds is 3. The largest absolute Gasteiger partial charge is 0.437 e. The highest BCUT2D eigenvalue weighted by molar-refractivity contribution is 5.68. The Labute approximate surface area is 151 Å². The minimum absolute atomic E-state index is 0.192. The third-order valence-electron chi connectivity index (χ3n) is 5.47. The second-order valence-electron chi connectivity index (χ2n) is 7.69. The van der Waals surface area contributed by atoms with Gasteiger partial charge in [-0.1, -0.05) is 29.8 Å². The minimum atomic E-state index is -4.52. The fraction of sp³-hybridized carbons (Fsp3) is 0.632. The lowest BCUT2D eigenvalue weighted by atomic mass is 9.72. The Bertz CT molecular complexity index is 629. The average Bonchev–Trinajstić information content (AvgIpc) is 2.55. The molecule has 0 N–H and O–H groups in total. The summed E-state index contributed by atoms with van der Waals surface area (Å²) in [6.07, 6.45) is -5.82. The molecule has 26 heavy (non-hydrogen) atoms. The molecule has 1 atom stereocenters. The first-order valence-electron chi connectivity index (χ1n) is 8.97. The van der Waals surface area contributed by atoms with Crippen LogP contribution in [0.5, 0.6) is 0 Å². The van der Waals surface area contributed by atoms with E-state index in [0.29, 0.717) is 13.1 Å². The zero-order chi connectivity index (χ0) is 18.9. The molecule has 2 heterocycles. The molecule has 0 aliphatic carbocycles. The number of carbonyl (C=O) groups is 1. The first kappa shape index (κ1) is 19.0. The van der Waals surface area contributed by atoms with E-state index in [0.717, 1.165) is 39.4 Å². The van der Waals surface area contributed by atoms with E-state index < -0.39 is 18.4 Å². The van der Waals surface area contributed by atoms with Crippen molar-refractivity contribution in [1.29, 1.82) is 0 Å². The van der Waals surface area contributed by atoms with Crippen LogP contribution in [0.3, 0.4) is 0 Å². The Hall–Kier alpha value is -1.76. The predicted octanol–water partition coefficient (Wildman–Crippen LogP) is 3.98. The molecule has 1 aromatic carbocycles. The van der Waals surface area contributed by atoms with Gasteiger partial charge >= 0.3 is 12.3 Å². The summed E-state index contributed by atoms with van der Waals surface area (Å²) in [7, 11) is 0. The maximum absolute atomic E-state index is 12.5. The normalized spacial score (nSPS) is 21.3. The van der Waals surface area contributed by atoms with Crippen molar-refractivity contribution < 1.29 is 22.7 Å². The molecule has 4 nitrogen and oxygen atoms in total. The van der Waals surface area contributed by atoms with E-state index in [1.54, 1.807) is 0 Å². The highest BCUT2D eigenvalue weighted by Crippen LogP contribution is 2.41. The molecular weight excluding hydrogens is 345 g/mol. The van der Waals surface area contributed by atoms with Gasteiger partial charge < -0.3 is 9.64 Å². The molecule has 1 amide bonds. The summed E-state index contributed by atoms with van der Waals surface area (Å²) in [6.45, 7) is 6.71. The lowest BCUT2D eigenvalue weighted by molar-refractivity contribution is -0.200. The standard InChI is InChI=1S/C19H25F3N2O2/c1-14-3-5-16(6-4-14)11-23-12-18(13-23)7-9-24(10-8-18)17(25)26-15(2)19(20,21)22/h3-6,15H,7-13H2,1-2H3. The SMILES string of the molecule is Cc1ccc(CN2CC3(CCN(C(=O)OC(C)C(F)(F)F)CC3)C2)cc1. The van der Waals surface area contributed by atoms with E-state index in [1.807, 2.05) is 0 Å². The summed E-state index contributed by atoms with van der Waals surface area (Å²) in [4.78, 5) is 15.7. The van der Waals surface area contributed by atoms with Crippen molar-refractivity contribution in [3.8, 4) is 0 Å². The molecule has 0 radical (unpaired) electrons. The van der Waals surface area contributed by atoms with Crippen LogP contribution in [0.15, 0.2) is 24.3 Å². The van der Waals surface area contributed by atoms with E-state index in [4.69, 9.17) is 0 Å². The van der Waals surface area contributed by atoms with Crippen molar-refractivity contribution >= 4 is 6.09 Å². The Morgan fingerprint density at radius 3 is 2.31 bits per heavy atom. The number of amides is 1. The quantitative estimate of drug-likeness (QED) is 0.807. The zero-order valence-corrected chi connectivity index (χ0v) is 15.2. The van der Waals surface area contributed by atoms with Gasteiger partial charge in [0.1, 0.15) is 0 Å². The van der Waals surface area contributed by atoms with Gasteiger partial charge in [0.25, 0.3) is 0 Å². The number of piperidine rings is 1. The number of halogens is 3. The smallest absolute Gasteiger partial charge is 0.425 e. The molecule has 1 unspecified atom stereocenters. The van der Waals surface area contributed by atoms with Crippen LogP contribution < -0.4 is 0 Å². The molecule has 0 saturated carbocycles. The highest BCUT2D eigenvalue weighted by atomic mass is 19.4. The number of ether oxygens (including phenoxy) is 1. The fourth-order valence-electron chi connectivity index (χ4n) is 3.74. The number of benzene rings is 1. The third kappa shape index (κ3) is 4.31. The Kier molecular flexibility index (Phi) is 5.19. The number of alkyl halides is 3. The number of aryl methyl sites for hydroxylation is 1. The van der Waals surface area contributed by atoms with Gasteiger partial charge in [-0.15, -0.1) is 0 Å². The van der Waals surface area contributed by atoms with Crippen LogP contribution in [0.2, 0.25) is 0 Å². The third-order valence-corrected chi connectivity index (χ3v) is 5.47. The fourth-order valence-corrected chi connectivity index (χ4v) is 3.74. The van der Waals surface area contributed by atoms with Crippen LogP contribution >= 0.6 is 0 Å². The second-order valence-corrected chi connectivity index (χ2v) is 7.69. The lowest BCUT2D eigenvalue weighted by Crippen LogP contribution is -2.60. The maximum Gasteiger partial charge on any atom is 0.425 e. The monoisotopic (exact) mass is 370 g/mol. The molecule has 0 aromatic heterocycles. The summed E-state index contributed by atoms with van der Waals surface area (Å²) < 4.78 is 42.1. The second kappa shape index (κ2) is 7.10. The summed E-state index contributed by atoms with van der Waals surface area (Å²) in [5.41, 5.74) is 2.72. The number of nitrogens with zero attached hydrogens (tertiary/aromatic N) is 2. The summed E-state index contributed by atoms with van der Waals surface area (Å²) in [5, 5.41) is 0. The van der Waals surface area contributed by atoms with Gasteiger partial charge in [-0.2, -0.15) is 13.2 Å². The van der Waals surface area contributed by atoms with E-state index in [2.05, 4.69) is 40.8 Å². The van der Waals surface area contributed by atoms with Crippen LogP contribution in [0.25, 0.3) is 0 Å². The van der Waals surface area contributed by atoms with Gasteiger partial charge in [-0.3, -0.25) is 4.90 Å². The molecule has 7 heteroatoms. The lowest BCUT2D eigenvalue weighted by Gasteiger charge is -2.54. The number of hydrogen-bond donors (Lipinski definition) is 0. The number of hydrogen-bond acceptors (Lipinski definition) is 3. The van der Waals surface area contributed by atoms with E-state index >= 15 is 0 Å². The molecule has 0 bridgehead atoms. The van der Waals surface area contributed by atoms with E-state index in [-0.39, 0.29) is 5.41 Å². The molecule has 1 spiro atoms. The van der Waals surface area contributed by atoms with Crippen molar-refractivity contribution in [2.75, 3.05) is 26.2 Å². The van der Waals surface area contributed by atoms with Gasteiger partial charge in [0, 0.05) is 32.7 Å². The van der Waals surface area contributed by atoms with Crippen molar-refractivity contribution in [3.63, 3.8) is 0 Å². The van der Waals surface area contributed by atoms with Gasteiger partial charge in [0.2, 0.25) is 0 Å². The molecule has 2 saturated heterocycles. The summed E-state index contributed by atoms with van der Waals surface area (Å²) in [6, 6.07) is 8.50. The van der Waals surface area contributed by atoms with Crippen LogP contribution in [0, 0.1) is 12.3 Å². The average molecular weight is 370 g/mol.